The van der Waals surface area contributed by atoms with Crippen LogP contribution in [-0.4, -0.2) is 0 Å². The van der Waals surface area contributed by atoms with Crippen LogP contribution >= 0.6 is 0 Å². The van der Waals surface area contributed by atoms with Crippen molar-refractivity contribution in [1.82, 2.24) is 0 Å². The SMILES string of the molecule is [CH2-]C1(C2=Cc3ccccc3C2)C=CC=C1.[Cl-].[Cl-].[Zr+3]. The number of halogens is 2. The predicted octanol–water partition coefficient (Wildman–Crippen LogP) is -2.42. The van der Waals surface area contributed by atoms with Gasteiger partial charge in [-0.15, -0.1) is 12.2 Å². The molecule has 3 heteroatoms. The van der Waals surface area contributed by atoms with Crippen molar-refractivity contribution < 1.29 is 51.0 Å². The quantitative estimate of drug-likeness (QED) is 0.492. The van der Waals surface area contributed by atoms with Crippen molar-refractivity contribution in [3.8, 4) is 0 Å². The van der Waals surface area contributed by atoms with E-state index in [1.807, 2.05) is 0 Å². The number of benzene rings is 1. The van der Waals surface area contributed by atoms with Crippen LogP contribution in [0.1, 0.15) is 11.1 Å². The fraction of sp³-hybridized carbons (Fsp3) is 0.133. The third-order valence-electron chi connectivity index (χ3n) is 3.26. The van der Waals surface area contributed by atoms with Crippen LogP contribution in [0.4, 0.5) is 0 Å². The first-order valence-corrected chi connectivity index (χ1v) is 5.29. The first-order valence-electron chi connectivity index (χ1n) is 5.29. The van der Waals surface area contributed by atoms with E-state index >= 15 is 0 Å². The molecule has 1 aromatic carbocycles. The molecular formula is C15H13Cl2Zr. The summed E-state index contributed by atoms with van der Waals surface area (Å²) in [4.78, 5) is 0. The molecule has 2 aliphatic rings. The van der Waals surface area contributed by atoms with Crippen molar-refractivity contribution in [3.05, 3.63) is 72.2 Å². The minimum Gasteiger partial charge on any atom is -1.00 e. The van der Waals surface area contributed by atoms with Crippen molar-refractivity contribution in [2.75, 3.05) is 0 Å². The van der Waals surface area contributed by atoms with Crippen LogP contribution in [0.3, 0.4) is 0 Å². The summed E-state index contributed by atoms with van der Waals surface area (Å²) in [5, 5.41) is 0. The molecule has 1 aromatic rings. The molecule has 0 N–H and O–H groups in total. The van der Waals surface area contributed by atoms with Crippen LogP contribution in [0.25, 0.3) is 6.08 Å². The molecule has 0 fully saturated rings. The maximum Gasteiger partial charge on any atom is 3.00 e. The first kappa shape index (κ1) is 17.9. The Morgan fingerprint density at radius 1 is 1.00 bits per heavy atom. The molecule has 0 saturated heterocycles. The maximum atomic E-state index is 4.29. The summed E-state index contributed by atoms with van der Waals surface area (Å²) in [7, 11) is 0. The zero-order valence-corrected chi connectivity index (χ0v) is 13.8. The third-order valence-corrected chi connectivity index (χ3v) is 3.26. The summed E-state index contributed by atoms with van der Waals surface area (Å²) < 4.78 is 0. The minimum atomic E-state index is -0.0982. The van der Waals surface area contributed by atoms with Gasteiger partial charge in [-0.05, 0) is 17.5 Å². The minimum absolute atomic E-state index is 0. The fourth-order valence-corrected chi connectivity index (χ4v) is 2.30. The molecule has 0 amide bonds. The van der Waals surface area contributed by atoms with Gasteiger partial charge in [-0.2, -0.15) is 0 Å². The molecule has 0 unspecified atom stereocenters. The molecule has 0 aliphatic heterocycles. The predicted molar refractivity (Wildman–Crippen MR) is 64.2 cm³/mol. The van der Waals surface area contributed by atoms with Gasteiger partial charge in [0, 0.05) is 0 Å². The monoisotopic (exact) mass is 353 g/mol. The molecule has 3 rings (SSSR count). The summed E-state index contributed by atoms with van der Waals surface area (Å²) >= 11 is 0. The second kappa shape index (κ2) is 6.89. The van der Waals surface area contributed by atoms with Gasteiger partial charge in [-0.25, -0.2) is 0 Å². The van der Waals surface area contributed by atoms with Gasteiger partial charge in [0.25, 0.3) is 0 Å². The molecule has 0 heterocycles. The third kappa shape index (κ3) is 3.07. The Balaban J connectivity index is 0.000000963. The van der Waals surface area contributed by atoms with E-state index in [2.05, 4.69) is 61.6 Å². The maximum absolute atomic E-state index is 4.29. The van der Waals surface area contributed by atoms with Crippen LogP contribution < -0.4 is 24.8 Å². The Labute approximate surface area is 140 Å². The van der Waals surface area contributed by atoms with E-state index in [0.717, 1.165) is 6.42 Å². The molecule has 0 bridgehead atoms. The van der Waals surface area contributed by atoms with Crippen LogP contribution in [-0.2, 0) is 32.6 Å². The van der Waals surface area contributed by atoms with Crippen molar-refractivity contribution >= 4 is 6.08 Å². The van der Waals surface area contributed by atoms with Crippen LogP contribution in [0.5, 0.6) is 0 Å². The molecule has 2 aliphatic carbocycles. The molecule has 91 valence electrons. The second-order valence-electron chi connectivity index (χ2n) is 4.30. The van der Waals surface area contributed by atoms with Crippen LogP contribution in [0, 0.1) is 12.3 Å². The molecule has 0 aromatic heterocycles. The van der Waals surface area contributed by atoms with E-state index in [9.17, 15) is 0 Å². The number of rotatable bonds is 1. The van der Waals surface area contributed by atoms with E-state index < -0.39 is 0 Å². The molecule has 0 saturated carbocycles. The number of fused-ring (bicyclic) bond motifs is 1. The second-order valence-corrected chi connectivity index (χ2v) is 4.30. The van der Waals surface area contributed by atoms with Gasteiger partial charge in [-0.1, -0.05) is 53.5 Å². The average molecular weight is 355 g/mol. The number of allylic oxidation sites excluding steroid dienone is 5. The Morgan fingerprint density at radius 3 is 2.22 bits per heavy atom. The topological polar surface area (TPSA) is 0 Å². The van der Waals surface area contributed by atoms with Gasteiger partial charge in [-0.3, -0.25) is 0 Å². The van der Waals surface area contributed by atoms with E-state index in [1.165, 1.54) is 16.7 Å². The van der Waals surface area contributed by atoms with Gasteiger partial charge in [0.1, 0.15) is 0 Å². The van der Waals surface area contributed by atoms with E-state index in [0.29, 0.717) is 0 Å². The summed E-state index contributed by atoms with van der Waals surface area (Å²) in [5.41, 5.74) is 4.07. The Morgan fingerprint density at radius 2 is 1.61 bits per heavy atom. The summed E-state index contributed by atoms with van der Waals surface area (Å²) in [6.45, 7) is 4.29. The van der Waals surface area contributed by atoms with Gasteiger partial charge >= 0.3 is 26.2 Å². The number of hydrogen-bond donors (Lipinski definition) is 0. The normalized spacial score (nSPS) is 17.1. The van der Waals surface area contributed by atoms with Gasteiger partial charge < -0.3 is 31.7 Å². The largest absolute Gasteiger partial charge is 3.00 e. The van der Waals surface area contributed by atoms with Gasteiger partial charge in [0.05, 0.1) is 0 Å². The molecule has 0 spiro atoms. The zero-order chi connectivity index (χ0) is 10.3. The average Bonchev–Trinajstić information content (AvgIpc) is 2.84. The summed E-state index contributed by atoms with van der Waals surface area (Å²) in [6, 6.07) is 8.57. The smallest absolute Gasteiger partial charge is 1.00 e. The van der Waals surface area contributed by atoms with Gasteiger partial charge in [0.15, 0.2) is 0 Å². The first-order chi connectivity index (χ1) is 7.28. The zero-order valence-electron chi connectivity index (χ0n) is 9.87. The van der Waals surface area contributed by atoms with Crippen molar-refractivity contribution in [2.45, 2.75) is 6.42 Å². The van der Waals surface area contributed by atoms with Gasteiger partial charge in [0.2, 0.25) is 0 Å². The molecule has 0 nitrogen and oxygen atoms in total. The molecule has 0 atom stereocenters. The van der Waals surface area contributed by atoms with E-state index in [1.54, 1.807) is 0 Å². The van der Waals surface area contributed by atoms with E-state index in [4.69, 9.17) is 0 Å². The number of hydrogen-bond acceptors (Lipinski definition) is 0. The standard InChI is InChI=1S/C15H13.2ClH.Zr/c1-15(8-4-5-9-15)14-10-12-6-2-3-7-13(12)11-14;;;/h2-10H,1,11H2;2*1H;/q-1;;;+3/p-2. The Bertz CT molecular complexity index is 489. The molecule has 18 heavy (non-hydrogen) atoms. The van der Waals surface area contributed by atoms with Crippen LogP contribution in [0.2, 0.25) is 0 Å². The molecular weight excluding hydrogens is 342 g/mol. The van der Waals surface area contributed by atoms with Crippen LogP contribution in [0.15, 0.2) is 54.1 Å². The van der Waals surface area contributed by atoms with Crippen molar-refractivity contribution in [1.29, 1.82) is 0 Å². The Kier molecular flexibility index (Phi) is 6.86. The Hall–Kier alpha value is -0.0969. The summed E-state index contributed by atoms with van der Waals surface area (Å²) in [5.74, 6) is 0. The molecule has 1 radical (unpaired) electrons. The van der Waals surface area contributed by atoms with E-state index in [-0.39, 0.29) is 56.4 Å². The van der Waals surface area contributed by atoms with Crippen molar-refractivity contribution in [3.63, 3.8) is 0 Å². The van der Waals surface area contributed by atoms with Crippen molar-refractivity contribution in [2.24, 2.45) is 5.41 Å². The fourth-order valence-electron chi connectivity index (χ4n) is 2.30. The summed E-state index contributed by atoms with van der Waals surface area (Å²) in [6.07, 6.45) is 11.8.